The smallest absolute Gasteiger partial charge is 0.305 e. The summed E-state index contributed by atoms with van der Waals surface area (Å²) in [7, 11) is -6.69. The van der Waals surface area contributed by atoms with Gasteiger partial charge in [-0.2, -0.15) is 0 Å². The van der Waals surface area contributed by atoms with Crippen molar-refractivity contribution in [1.29, 1.82) is 0 Å². The summed E-state index contributed by atoms with van der Waals surface area (Å²) >= 11 is 1.67. The maximum atomic E-state index is 14.7. The Morgan fingerprint density at radius 3 is 1.73 bits per heavy atom. The quantitative estimate of drug-likeness (QED) is 0.0747. The van der Waals surface area contributed by atoms with Crippen LogP contribution in [0.1, 0.15) is 147 Å². The van der Waals surface area contributed by atoms with Gasteiger partial charge in [-0.05, 0) is 118 Å². The minimum Gasteiger partial charge on any atom is -0.481 e. The van der Waals surface area contributed by atoms with Crippen LogP contribution in [0.15, 0.2) is 22.6 Å². The Labute approximate surface area is 351 Å². The molecule has 0 aliphatic rings. The molecule has 11 heteroatoms. The van der Waals surface area contributed by atoms with E-state index in [1.807, 2.05) is 27.7 Å². The van der Waals surface area contributed by atoms with E-state index in [0.717, 1.165) is 36.4 Å². The lowest BCUT2D eigenvalue weighted by molar-refractivity contribution is -0.146. The average molecular weight is 853 g/mol. The predicted molar refractivity (Wildman–Crippen MR) is 248 cm³/mol. The van der Waals surface area contributed by atoms with E-state index in [-0.39, 0.29) is 45.4 Å². The van der Waals surface area contributed by atoms with Gasteiger partial charge in [0.1, 0.15) is 5.78 Å². The Morgan fingerprint density at radius 2 is 1.29 bits per heavy atom. The number of carbonyl (C=O) groups is 2. The molecule has 5 atom stereocenters. The maximum absolute atomic E-state index is 14.7. The van der Waals surface area contributed by atoms with Crippen LogP contribution in [-0.2, 0) is 22.9 Å². The summed E-state index contributed by atoms with van der Waals surface area (Å²) in [5, 5.41) is 13.1. The molecule has 0 radical (unpaired) electrons. The Kier molecular flexibility index (Phi) is 18.8. The molecule has 0 aliphatic carbocycles. The van der Waals surface area contributed by atoms with Gasteiger partial charge < -0.3 is 18.4 Å². The zero-order valence-electron chi connectivity index (χ0n) is 40.0. The number of carbonyl (C=O) groups excluding carboxylic acids is 1. The summed E-state index contributed by atoms with van der Waals surface area (Å²) < 4.78 is 21.0. The second-order valence-corrected chi connectivity index (χ2v) is 37.2. The van der Waals surface area contributed by atoms with Crippen LogP contribution in [0.25, 0.3) is 6.08 Å². The molecule has 0 aromatic carbocycles. The Morgan fingerprint density at radius 1 is 0.804 bits per heavy atom. The largest absolute Gasteiger partial charge is 0.481 e. The Bertz CT molecular complexity index is 1510. The van der Waals surface area contributed by atoms with E-state index in [1.54, 1.807) is 11.3 Å². The SMILES string of the molecule is C/C(=C\CCC[C@H](C)[C@H](O[Si](C)(C)C(C)(C)C)[C@@H](C)C(=O)C(C)(C)[C@H](CC(=O)O)O[Si](C)(C)C(C)(C)C)C[C@H](O[Si](C)(C)C(C)(C)C)/C(C)=C/c1csc(C)n1. The number of carboxylic acids is 1. The molecule has 1 aromatic rings. The number of ketones is 1. The number of rotatable bonds is 21. The van der Waals surface area contributed by atoms with Crippen molar-refractivity contribution in [2.24, 2.45) is 17.3 Å². The van der Waals surface area contributed by atoms with Crippen LogP contribution < -0.4 is 0 Å². The first-order chi connectivity index (χ1) is 25.0. The number of hydrogen-bond donors (Lipinski definition) is 1. The fourth-order valence-corrected chi connectivity index (χ4v) is 11.0. The van der Waals surface area contributed by atoms with Crippen LogP contribution in [-0.4, -0.2) is 65.1 Å². The highest BCUT2D eigenvalue weighted by Crippen LogP contribution is 2.44. The van der Waals surface area contributed by atoms with Crippen LogP contribution in [0.5, 0.6) is 0 Å². The van der Waals surface area contributed by atoms with Crippen LogP contribution in [0.2, 0.25) is 54.4 Å². The number of allylic oxidation sites excluding steroid dienone is 1. The number of thiazole rings is 1. The first-order valence-corrected chi connectivity index (χ1v) is 30.6. The molecule has 1 N–H and O–H groups in total. The highest BCUT2D eigenvalue weighted by molar-refractivity contribution is 7.09. The van der Waals surface area contributed by atoms with E-state index in [0.29, 0.717) is 0 Å². The zero-order valence-corrected chi connectivity index (χ0v) is 43.8. The molecule has 0 saturated carbocycles. The van der Waals surface area contributed by atoms with Gasteiger partial charge in [-0.1, -0.05) is 102 Å². The van der Waals surface area contributed by atoms with Crippen molar-refractivity contribution in [2.75, 3.05) is 0 Å². The van der Waals surface area contributed by atoms with E-state index < -0.39 is 48.4 Å². The summed E-state index contributed by atoms with van der Waals surface area (Å²) in [4.78, 5) is 31.6. The minimum absolute atomic E-state index is 0.0118. The van der Waals surface area contributed by atoms with Crippen molar-refractivity contribution in [2.45, 2.75) is 216 Å². The fourth-order valence-electron chi connectivity index (χ4n) is 6.19. The molecule has 0 bridgehead atoms. The van der Waals surface area contributed by atoms with Gasteiger partial charge in [-0.25, -0.2) is 4.98 Å². The van der Waals surface area contributed by atoms with E-state index in [9.17, 15) is 14.7 Å². The van der Waals surface area contributed by atoms with Crippen molar-refractivity contribution < 1.29 is 28.0 Å². The summed E-state index contributed by atoms with van der Waals surface area (Å²) in [5.74, 6) is -1.26. The summed E-state index contributed by atoms with van der Waals surface area (Å²) in [6, 6.07) is 0. The molecule has 1 aromatic heterocycles. The van der Waals surface area contributed by atoms with Gasteiger partial charge in [-0.15, -0.1) is 11.3 Å². The van der Waals surface area contributed by atoms with E-state index >= 15 is 0 Å². The zero-order chi connectivity index (χ0) is 44.0. The van der Waals surface area contributed by atoms with E-state index in [4.69, 9.17) is 13.3 Å². The van der Waals surface area contributed by atoms with Gasteiger partial charge in [0.15, 0.2) is 25.0 Å². The van der Waals surface area contributed by atoms with Gasteiger partial charge >= 0.3 is 5.97 Å². The molecule has 0 amide bonds. The number of carboxylic acid groups (broad SMARTS) is 1. The van der Waals surface area contributed by atoms with Gasteiger partial charge in [0.05, 0.1) is 35.4 Å². The molecule has 0 unspecified atom stereocenters. The number of aryl methyl sites for hydroxylation is 1. The lowest BCUT2D eigenvalue weighted by atomic mass is 9.73. The fraction of sp³-hybridized carbons (Fsp3) is 0.800. The van der Waals surface area contributed by atoms with Gasteiger partial charge in [-0.3, -0.25) is 9.59 Å². The van der Waals surface area contributed by atoms with E-state index in [1.165, 1.54) is 11.1 Å². The number of nitrogens with zero attached hydrogens (tertiary/aromatic N) is 1. The van der Waals surface area contributed by atoms with Crippen molar-refractivity contribution >= 4 is 54.1 Å². The summed E-state index contributed by atoms with van der Waals surface area (Å²) in [6.45, 7) is 47.8. The van der Waals surface area contributed by atoms with E-state index in [2.05, 4.69) is 145 Å². The van der Waals surface area contributed by atoms with Crippen molar-refractivity contribution in [3.05, 3.63) is 33.3 Å². The van der Waals surface area contributed by atoms with Crippen molar-refractivity contribution in [1.82, 2.24) is 4.98 Å². The number of hydrogen-bond acceptors (Lipinski definition) is 7. The predicted octanol–water partition coefficient (Wildman–Crippen LogP) is 13.9. The highest BCUT2D eigenvalue weighted by Gasteiger charge is 2.50. The third-order valence-corrected chi connectivity index (χ3v) is 27.6. The second-order valence-electron chi connectivity index (χ2n) is 21.9. The number of aliphatic carboxylic acids is 1. The number of Topliss-reactive ketones (excluding diaryl/α,β-unsaturated/α-hetero) is 1. The lowest BCUT2D eigenvalue weighted by Gasteiger charge is -2.46. The Hall–Kier alpha value is -1.22. The molecule has 324 valence electrons. The van der Waals surface area contributed by atoms with Crippen LogP contribution in [0.3, 0.4) is 0 Å². The van der Waals surface area contributed by atoms with Crippen molar-refractivity contribution in [3.8, 4) is 0 Å². The standard InChI is InChI=1S/C45H85NO6SSi3/c1-31(27-37(50-54(17,18)42(6,7)8)33(3)28-36-30-53-35(5)46-36)25-23-24-26-32(2)40(52-56(21,22)44(12,13)14)34(4)41(49)45(15,16)38(29-39(47)48)51-55(19,20)43(9,10)11/h25,28,30,32,34,37-38,40H,23-24,26-27,29H2,1-22H3,(H,47,48)/b31-25+,33-28+/t32-,34+,37-,38-,40-/m0/s1. The molecular formula is C45H85NO6SSi3. The lowest BCUT2D eigenvalue weighted by Crippen LogP contribution is -2.54. The molecule has 1 heterocycles. The topological polar surface area (TPSA) is 95.0 Å². The number of aromatic nitrogens is 1. The third kappa shape index (κ3) is 15.1. The normalized spacial score (nSPS) is 17.4. The van der Waals surface area contributed by atoms with Gasteiger partial charge in [0.25, 0.3) is 0 Å². The highest BCUT2D eigenvalue weighted by atomic mass is 32.1. The van der Waals surface area contributed by atoms with Crippen LogP contribution in [0, 0.1) is 24.2 Å². The average Bonchev–Trinajstić information content (AvgIpc) is 3.42. The summed E-state index contributed by atoms with van der Waals surface area (Å²) in [6.07, 6.45) is 6.93. The Balaban J connectivity index is 3.37. The van der Waals surface area contributed by atoms with Crippen LogP contribution >= 0.6 is 11.3 Å². The first kappa shape index (κ1) is 52.8. The van der Waals surface area contributed by atoms with Gasteiger partial charge in [0, 0.05) is 16.7 Å². The molecule has 0 saturated heterocycles. The van der Waals surface area contributed by atoms with Crippen molar-refractivity contribution in [3.63, 3.8) is 0 Å². The molecule has 0 fully saturated rings. The molecule has 7 nitrogen and oxygen atoms in total. The van der Waals surface area contributed by atoms with Gasteiger partial charge in [0.2, 0.25) is 0 Å². The monoisotopic (exact) mass is 852 g/mol. The molecule has 0 spiro atoms. The second kappa shape index (κ2) is 19.9. The molecular weight excluding hydrogens is 767 g/mol. The third-order valence-electron chi connectivity index (χ3n) is 13.4. The first-order valence-electron chi connectivity index (χ1n) is 21.0. The summed E-state index contributed by atoms with van der Waals surface area (Å²) in [5.41, 5.74) is 2.49. The minimum atomic E-state index is -2.38. The molecule has 56 heavy (non-hydrogen) atoms. The molecule has 1 rings (SSSR count). The number of unbranched alkanes of at least 4 members (excludes halogenated alkanes) is 1. The maximum Gasteiger partial charge on any atom is 0.305 e. The molecule has 0 aliphatic heterocycles. The van der Waals surface area contributed by atoms with Crippen LogP contribution in [0.4, 0.5) is 0 Å².